The molecule has 0 atom stereocenters. The minimum atomic E-state index is -0.819. The van der Waals surface area contributed by atoms with Crippen molar-refractivity contribution in [2.24, 2.45) is 0 Å². The Morgan fingerprint density at radius 1 is 0.938 bits per heavy atom. The van der Waals surface area contributed by atoms with Crippen LogP contribution in [0.5, 0.6) is 0 Å². The lowest BCUT2D eigenvalue weighted by atomic mass is 10.1. The second kappa shape index (κ2) is 7.25. The molecule has 0 aromatic rings. The largest absolute Gasteiger partial charge is 0.481 e. The SMILES string of the molecule is O=C(O)CCCC(=O)N1CCCCCCC1. The molecule has 4 nitrogen and oxygen atoms in total. The lowest BCUT2D eigenvalue weighted by molar-refractivity contribution is -0.137. The van der Waals surface area contributed by atoms with E-state index in [0.717, 1.165) is 25.9 Å². The Morgan fingerprint density at radius 3 is 2.06 bits per heavy atom. The molecule has 0 spiro atoms. The minimum absolute atomic E-state index is 0.0968. The van der Waals surface area contributed by atoms with E-state index in [1.807, 2.05) is 4.90 Å². The third kappa shape index (κ3) is 5.14. The molecule has 1 aliphatic rings. The maximum absolute atomic E-state index is 11.8. The van der Waals surface area contributed by atoms with Crippen molar-refractivity contribution in [2.45, 2.75) is 51.4 Å². The van der Waals surface area contributed by atoms with Gasteiger partial charge in [0.05, 0.1) is 0 Å². The monoisotopic (exact) mass is 227 g/mol. The molecule has 0 saturated carbocycles. The number of carbonyl (C=O) groups excluding carboxylic acids is 1. The molecule has 0 aromatic carbocycles. The summed E-state index contributed by atoms with van der Waals surface area (Å²) >= 11 is 0. The van der Waals surface area contributed by atoms with Crippen LogP contribution >= 0.6 is 0 Å². The summed E-state index contributed by atoms with van der Waals surface area (Å²) in [6.07, 6.45) is 6.81. The number of amides is 1. The fraction of sp³-hybridized carbons (Fsp3) is 0.833. The first-order chi connectivity index (χ1) is 7.70. The molecule has 16 heavy (non-hydrogen) atoms. The van der Waals surface area contributed by atoms with Gasteiger partial charge in [0, 0.05) is 25.9 Å². The normalized spacial score (nSPS) is 17.6. The van der Waals surface area contributed by atoms with Crippen molar-refractivity contribution in [3.63, 3.8) is 0 Å². The van der Waals surface area contributed by atoms with Gasteiger partial charge in [0.25, 0.3) is 0 Å². The van der Waals surface area contributed by atoms with Crippen molar-refractivity contribution < 1.29 is 14.7 Å². The lowest BCUT2D eigenvalue weighted by Gasteiger charge is -2.24. The highest BCUT2D eigenvalue weighted by Gasteiger charge is 2.14. The summed E-state index contributed by atoms with van der Waals surface area (Å²) in [5.74, 6) is -0.691. The Labute approximate surface area is 96.6 Å². The third-order valence-corrected chi connectivity index (χ3v) is 2.99. The van der Waals surface area contributed by atoms with Gasteiger partial charge in [-0.25, -0.2) is 0 Å². The number of carboxylic acid groups (broad SMARTS) is 1. The number of carboxylic acids is 1. The summed E-state index contributed by atoms with van der Waals surface area (Å²) in [6.45, 7) is 1.71. The van der Waals surface area contributed by atoms with Crippen molar-refractivity contribution in [1.82, 2.24) is 4.90 Å². The second-order valence-corrected chi connectivity index (χ2v) is 4.40. The molecule has 1 fully saturated rings. The van der Waals surface area contributed by atoms with Gasteiger partial charge in [0.1, 0.15) is 0 Å². The molecule has 1 rings (SSSR count). The molecule has 0 aromatic heterocycles. The Morgan fingerprint density at radius 2 is 1.50 bits per heavy atom. The average molecular weight is 227 g/mol. The molecular formula is C12H21NO3. The van der Waals surface area contributed by atoms with Gasteiger partial charge in [0.15, 0.2) is 0 Å². The van der Waals surface area contributed by atoms with Crippen LogP contribution in [0.25, 0.3) is 0 Å². The van der Waals surface area contributed by atoms with E-state index in [1.165, 1.54) is 19.3 Å². The van der Waals surface area contributed by atoms with Crippen LogP contribution in [0.1, 0.15) is 51.4 Å². The van der Waals surface area contributed by atoms with Gasteiger partial charge >= 0.3 is 5.97 Å². The number of rotatable bonds is 4. The predicted molar refractivity (Wildman–Crippen MR) is 61.2 cm³/mol. The van der Waals surface area contributed by atoms with Gasteiger partial charge in [-0.2, -0.15) is 0 Å². The first-order valence-corrected chi connectivity index (χ1v) is 6.20. The third-order valence-electron chi connectivity index (χ3n) is 2.99. The number of carbonyl (C=O) groups is 2. The number of likely N-dealkylation sites (tertiary alicyclic amines) is 1. The highest BCUT2D eigenvalue weighted by atomic mass is 16.4. The molecule has 1 amide bonds. The first kappa shape index (κ1) is 13.0. The van der Waals surface area contributed by atoms with Crippen LogP contribution in [0.2, 0.25) is 0 Å². The van der Waals surface area contributed by atoms with E-state index in [0.29, 0.717) is 12.8 Å². The van der Waals surface area contributed by atoms with E-state index in [1.54, 1.807) is 0 Å². The van der Waals surface area contributed by atoms with Crippen LogP contribution in [0, 0.1) is 0 Å². The van der Waals surface area contributed by atoms with E-state index >= 15 is 0 Å². The molecule has 1 N–H and O–H groups in total. The highest BCUT2D eigenvalue weighted by Crippen LogP contribution is 2.12. The highest BCUT2D eigenvalue weighted by molar-refractivity contribution is 5.77. The molecule has 0 aliphatic carbocycles. The summed E-state index contributed by atoms with van der Waals surface area (Å²) in [5, 5.41) is 8.49. The van der Waals surface area contributed by atoms with E-state index in [-0.39, 0.29) is 12.3 Å². The van der Waals surface area contributed by atoms with E-state index in [9.17, 15) is 9.59 Å². The van der Waals surface area contributed by atoms with Crippen molar-refractivity contribution in [1.29, 1.82) is 0 Å². The number of hydrogen-bond donors (Lipinski definition) is 1. The quantitative estimate of drug-likeness (QED) is 0.799. The molecule has 1 aliphatic heterocycles. The molecule has 0 radical (unpaired) electrons. The van der Waals surface area contributed by atoms with Gasteiger partial charge in [-0.3, -0.25) is 9.59 Å². The molecule has 0 bridgehead atoms. The average Bonchev–Trinajstić information content (AvgIpc) is 2.15. The minimum Gasteiger partial charge on any atom is -0.481 e. The molecular weight excluding hydrogens is 206 g/mol. The number of nitrogens with zero attached hydrogens (tertiary/aromatic N) is 1. The van der Waals surface area contributed by atoms with Crippen LogP contribution < -0.4 is 0 Å². The zero-order chi connectivity index (χ0) is 11.8. The van der Waals surface area contributed by atoms with Gasteiger partial charge in [-0.15, -0.1) is 0 Å². The van der Waals surface area contributed by atoms with Gasteiger partial charge in [-0.1, -0.05) is 19.3 Å². The Kier molecular flexibility index (Phi) is 5.90. The summed E-state index contributed by atoms with van der Waals surface area (Å²) < 4.78 is 0. The molecule has 0 unspecified atom stereocenters. The number of hydrogen-bond acceptors (Lipinski definition) is 2. The van der Waals surface area contributed by atoms with Crippen molar-refractivity contribution in [3.8, 4) is 0 Å². The Balaban J connectivity index is 2.24. The zero-order valence-electron chi connectivity index (χ0n) is 9.78. The van der Waals surface area contributed by atoms with Crippen LogP contribution in [0.4, 0.5) is 0 Å². The fourth-order valence-electron chi connectivity index (χ4n) is 2.05. The summed E-state index contributed by atoms with van der Waals surface area (Å²) in [6, 6.07) is 0. The van der Waals surface area contributed by atoms with Crippen molar-refractivity contribution >= 4 is 11.9 Å². The van der Waals surface area contributed by atoms with Gasteiger partial charge in [0.2, 0.25) is 5.91 Å². The Bertz CT molecular complexity index is 232. The maximum atomic E-state index is 11.8. The van der Waals surface area contributed by atoms with Crippen molar-refractivity contribution in [3.05, 3.63) is 0 Å². The van der Waals surface area contributed by atoms with E-state index in [2.05, 4.69) is 0 Å². The summed E-state index contributed by atoms with van der Waals surface area (Å²) in [7, 11) is 0. The van der Waals surface area contributed by atoms with Crippen LogP contribution in [-0.2, 0) is 9.59 Å². The standard InChI is InChI=1S/C12H21NO3/c14-11(7-6-8-12(15)16)13-9-4-2-1-3-5-10-13/h1-10H2,(H,15,16). The molecule has 92 valence electrons. The lowest BCUT2D eigenvalue weighted by Crippen LogP contribution is -2.33. The second-order valence-electron chi connectivity index (χ2n) is 4.40. The molecule has 1 saturated heterocycles. The molecule has 4 heteroatoms. The van der Waals surface area contributed by atoms with E-state index < -0.39 is 5.97 Å². The summed E-state index contributed by atoms with van der Waals surface area (Å²) in [5.41, 5.74) is 0. The van der Waals surface area contributed by atoms with Gasteiger partial charge in [-0.05, 0) is 19.3 Å². The van der Waals surface area contributed by atoms with Crippen LogP contribution in [0.3, 0.4) is 0 Å². The zero-order valence-corrected chi connectivity index (χ0v) is 9.78. The summed E-state index contributed by atoms with van der Waals surface area (Å²) in [4.78, 5) is 24.0. The first-order valence-electron chi connectivity index (χ1n) is 6.20. The predicted octanol–water partition coefficient (Wildman–Crippen LogP) is 2.03. The van der Waals surface area contributed by atoms with Crippen LogP contribution in [0.15, 0.2) is 0 Å². The smallest absolute Gasteiger partial charge is 0.303 e. The Hall–Kier alpha value is -1.06. The van der Waals surface area contributed by atoms with Gasteiger partial charge < -0.3 is 10.0 Å². The topological polar surface area (TPSA) is 57.6 Å². The van der Waals surface area contributed by atoms with Crippen LogP contribution in [-0.4, -0.2) is 35.0 Å². The fourth-order valence-corrected chi connectivity index (χ4v) is 2.05. The number of aliphatic carboxylic acids is 1. The molecule has 1 heterocycles. The maximum Gasteiger partial charge on any atom is 0.303 e. The van der Waals surface area contributed by atoms with Crippen molar-refractivity contribution in [2.75, 3.05) is 13.1 Å². The van der Waals surface area contributed by atoms with E-state index in [4.69, 9.17) is 5.11 Å².